The van der Waals surface area contributed by atoms with E-state index in [1.54, 1.807) is 6.07 Å². The summed E-state index contributed by atoms with van der Waals surface area (Å²) in [6, 6.07) is 7.21. The van der Waals surface area contributed by atoms with Crippen molar-refractivity contribution in [2.24, 2.45) is 23.2 Å². The first kappa shape index (κ1) is 17.8. The first-order valence-corrected chi connectivity index (χ1v) is 10.0. The number of carbonyl (C=O) groups is 2. The van der Waals surface area contributed by atoms with Gasteiger partial charge in [-0.25, -0.2) is 0 Å². The molecule has 1 N–H and O–H groups in total. The van der Waals surface area contributed by atoms with Crippen molar-refractivity contribution in [1.29, 1.82) is 0 Å². The standard InChI is InChI=1S/C21H26ClNO3/c1-13(17-3-2-4-18(22)8-17)23-19(24)12-26-20(25)21-9-14-5-15(10-21)7-16(6-14)11-21/h2-4,8,13-16H,5-7,9-12H2,1H3,(H,23,24)/t13-,14?,15?,16?,21?/m1/s1. The van der Waals surface area contributed by atoms with E-state index in [1.165, 1.54) is 19.3 Å². The zero-order valence-corrected chi connectivity index (χ0v) is 15.9. The number of nitrogens with one attached hydrogen (secondary N) is 1. The van der Waals surface area contributed by atoms with Crippen molar-refractivity contribution in [2.45, 2.75) is 51.5 Å². The number of rotatable bonds is 5. The smallest absolute Gasteiger partial charge is 0.312 e. The highest BCUT2D eigenvalue weighted by molar-refractivity contribution is 6.30. The molecule has 0 spiro atoms. The van der Waals surface area contributed by atoms with Crippen molar-refractivity contribution in [3.8, 4) is 0 Å². The van der Waals surface area contributed by atoms with Gasteiger partial charge < -0.3 is 10.1 Å². The molecule has 140 valence electrons. The number of amides is 1. The SMILES string of the molecule is C[C@@H](NC(=O)COC(=O)C12CC3CC(CC(C3)C1)C2)c1cccc(Cl)c1. The molecule has 4 saturated carbocycles. The van der Waals surface area contributed by atoms with E-state index in [9.17, 15) is 9.59 Å². The maximum atomic E-state index is 12.8. The summed E-state index contributed by atoms with van der Waals surface area (Å²) >= 11 is 6.00. The van der Waals surface area contributed by atoms with Gasteiger partial charge in [-0.1, -0.05) is 23.7 Å². The van der Waals surface area contributed by atoms with E-state index in [4.69, 9.17) is 16.3 Å². The maximum Gasteiger partial charge on any atom is 0.312 e. The van der Waals surface area contributed by atoms with Crippen LogP contribution in [0.25, 0.3) is 0 Å². The van der Waals surface area contributed by atoms with Crippen LogP contribution >= 0.6 is 11.6 Å². The maximum absolute atomic E-state index is 12.8. The van der Waals surface area contributed by atoms with E-state index in [-0.39, 0.29) is 29.9 Å². The summed E-state index contributed by atoms with van der Waals surface area (Å²) in [5.41, 5.74) is 0.617. The molecule has 0 saturated heterocycles. The molecule has 4 nitrogen and oxygen atoms in total. The third kappa shape index (κ3) is 3.48. The van der Waals surface area contributed by atoms with E-state index in [0.717, 1.165) is 24.8 Å². The quantitative estimate of drug-likeness (QED) is 0.781. The van der Waals surface area contributed by atoms with Crippen molar-refractivity contribution in [3.63, 3.8) is 0 Å². The molecule has 0 unspecified atom stereocenters. The number of ether oxygens (including phenoxy) is 1. The minimum Gasteiger partial charge on any atom is -0.455 e. The van der Waals surface area contributed by atoms with Crippen LogP contribution in [0.4, 0.5) is 0 Å². The van der Waals surface area contributed by atoms with E-state index in [2.05, 4.69) is 5.32 Å². The molecular formula is C21H26ClNO3. The molecule has 4 fully saturated rings. The van der Waals surface area contributed by atoms with Crippen LogP contribution in [0.1, 0.15) is 57.1 Å². The topological polar surface area (TPSA) is 55.4 Å². The molecular weight excluding hydrogens is 350 g/mol. The number of hydrogen-bond donors (Lipinski definition) is 1. The van der Waals surface area contributed by atoms with Crippen molar-refractivity contribution in [2.75, 3.05) is 6.61 Å². The van der Waals surface area contributed by atoms with Crippen LogP contribution in [0, 0.1) is 23.2 Å². The first-order valence-electron chi connectivity index (χ1n) is 9.65. The molecule has 0 heterocycles. The first-order chi connectivity index (χ1) is 12.4. The van der Waals surface area contributed by atoms with Gasteiger partial charge in [0, 0.05) is 5.02 Å². The second-order valence-corrected chi connectivity index (χ2v) is 9.05. The van der Waals surface area contributed by atoms with Crippen LogP contribution in [-0.4, -0.2) is 18.5 Å². The van der Waals surface area contributed by atoms with Crippen LogP contribution in [0.5, 0.6) is 0 Å². The minimum atomic E-state index is -0.312. The summed E-state index contributed by atoms with van der Waals surface area (Å²) < 4.78 is 5.47. The second kappa shape index (κ2) is 6.88. The highest BCUT2D eigenvalue weighted by Crippen LogP contribution is 2.60. The average Bonchev–Trinajstić information content (AvgIpc) is 2.58. The lowest BCUT2D eigenvalue weighted by Gasteiger charge is -2.55. The van der Waals surface area contributed by atoms with Crippen LogP contribution in [0.15, 0.2) is 24.3 Å². The molecule has 4 aliphatic carbocycles. The summed E-state index contributed by atoms with van der Waals surface area (Å²) in [5, 5.41) is 3.51. The van der Waals surface area contributed by atoms with Crippen LogP contribution in [0.3, 0.4) is 0 Å². The van der Waals surface area contributed by atoms with Gasteiger partial charge >= 0.3 is 5.97 Å². The zero-order valence-electron chi connectivity index (χ0n) is 15.2. The van der Waals surface area contributed by atoms with Crippen LogP contribution in [-0.2, 0) is 14.3 Å². The zero-order chi connectivity index (χ0) is 18.3. The summed E-state index contributed by atoms with van der Waals surface area (Å²) in [5.74, 6) is 1.64. The van der Waals surface area contributed by atoms with Crippen LogP contribution in [0.2, 0.25) is 5.02 Å². The molecule has 0 aromatic heterocycles. The molecule has 5 rings (SSSR count). The Bertz CT molecular complexity index is 682. The van der Waals surface area contributed by atoms with Gasteiger partial charge in [0.2, 0.25) is 0 Å². The van der Waals surface area contributed by atoms with E-state index in [0.29, 0.717) is 22.8 Å². The van der Waals surface area contributed by atoms with E-state index < -0.39 is 0 Å². The van der Waals surface area contributed by atoms with E-state index >= 15 is 0 Å². The molecule has 0 aliphatic heterocycles. The number of benzene rings is 1. The lowest BCUT2D eigenvalue weighted by molar-refractivity contribution is -0.173. The summed E-state index contributed by atoms with van der Waals surface area (Å²) in [7, 11) is 0. The predicted octanol–water partition coefficient (Wildman–Crippen LogP) is 4.28. The fourth-order valence-corrected chi connectivity index (χ4v) is 5.99. The molecule has 1 aromatic carbocycles. The van der Waals surface area contributed by atoms with Crippen LogP contribution < -0.4 is 5.32 Å². The normalized spacial score (nSPS) is 32.9. The molecule has 1 atom stereocenters. The molecule has 26 heavy (non-hydrogen) atoms. The number of carbonyl (C=O) groups excluding carboxylic acids is 2. The molecule has 1 amide bonds. The fourth-order valence-electron chi connectivity index (χ4n) is 5.79. The summed E-state index contributed by atoms with van der Waals surface area (Å²) in [6.45, 7) is 1.69. The summed E-state index contributed by atoms with van der Waals surface area (Å²) in [4.78, 5) is 25.0. The number of hydrogen-bond acceptors (Lipinski definition) is 3. The van der Waals surface area contributed by atoms with Crippen molar-refractivity contribution < 1.29 is 14.3 Å². The molecule has 4 bridgehead atoms. The Kier molecular flexibility index (Phi) is 4.72. The van der Waals surface area contributed by atoms with Gasteiger partial charge in [0.15, 0.2) is 6.61 Å². The molecule has 1 aromatic rings. The van der Waals surface area contributed by atoms with Gasteiger partial charge in [-0.2, -0.15) is 0 Å². The Hall–Kier alpha value is -1.55. The lowest BCUT2D eigenvalue weighted by atomic mass is 9.49. The predicted molar refractivity (Wildman–Crippen MR) is 99.6 cm³/mol. The fraction of sp³-hybridized carbons (Fsp3) is 0.619. The second-order valence-electron chi connectivity index (χ2n) is 8.62. The lowest BCUT2D eigenvalue weighted by Crippen LogP contribution is -2.51. The Morgan fingerprint density at radius 2 is 1.81 bits per heavy atom. The van der Waals surface area contributed by atoms with Gasteiger partial charge in [-0.3, -0.25) is 9.59 Å². The van der Waals surface area contributed by atoms with Gasteiger partial charge in [0.05, 0.1) is 11.5 Å². The Labute approximate surface area is 159 Å². The third-order valence-corrected chi connectivity index (χ3v) is 6.77. The summed E-state index contributed by atoms with van der Waals surface area (Å²) in [6.07, 6.45) is 6.72. The molecule has 5 heteroatoms. The van der Waals surface area contributed by atoms with Gasteiger partial charge in [0.1, 0.15) is 0 Å². The Morgan fingerprint density at radius 1 is 1.19 bits per heavy atom. The van der Waals surface area contributed by atoms with Crippen molar-refractivity contribution in [1.82, 2.24) is 5.32 Å². The van der Waals surface area contributed by atoms with Crippen molar-refractivity contribution in [3.05, 3.63) is 34.9 Å². The monoisotopic (exact) mass is 375 g/mol. The Morgan fingerprint density at radius 3 is 2.38 bits per heavy atom. The van der Waals surface area contributed by atoms with Crippen molar-refractivity contribution >= 4 is 23.5 Å². The number of halogens is 1. The Balaban J connectivity index is 1.31. The highest BCUT2D eigenvalue weighted by atomic mass is 35.5. The van der Waals surface area contributed by atoms with Gasteiger partial charge in [-0.15, -0.1) is 0 Å². The number of esters is 1. The largest absolute Gasteiger partial charge is 0.455 e. The third-order valence-electron chi connectivity index (χ3n) is 6.53. The minimum absolute atomic E-state index is 0.151. The van der Waals surface area contributed by atoms with Gasteiger partial charge in [0.25, 0.3) is 5.91 Å². The van der Waals surface area contributed by atoms with E-state index in [1.807, 2.05) is 25.1 Å². The highest BCUT2D eigenvalue weighted by Gasteiger charge is 2.55. The molecule has 4 aliphatic rings. The molecule has 0 radical (unpaired) electrons. The van der Waals surface area contributed by atoms with Gasteiger partial charge in [-0.05, 0) is 80.9 Å². The average molecular weight is 376 g/mol.